The van der Waals surface area contributed by atoms with Crippen LogP contribution in [0, 0.1) is 0 Å². The summed E-state index contributed by atoms with van der Waals surface area (Å²) >= 11 is 0. The number of ether oxygens (including phenoxy) is 6. The van der Waals surface area contributed by atoms with Crippen LogP contribution in [0.2, 0.25) is 0 Å². The van der Waals surface area contributed by atoms with E-state index in [2.05, 4.69) is 0 Å². The van der Waals surface area contributed by atoms with Crippen LogP contribution >= 0.6 is 0 Å². The Hall–Kier alpha value is -4.74. The van der Waals surface area contributed by atoms with Gasteiger partial charge in [0.05, 0.1) is 12.5 Å². The zero-order valence-electron chi connectivity index (χ0n) is 25.1. The largest absolute Gasteiger partial charge is 0.469 e. The summed E-state index contributed by atoms with van der Waals surface area (Å²) in [5.41, 5.74) is -2.86. The van der Waals surface area contributed by atoms with Gasteiger partial charge in [-0.1, -0.05) is 0 Å². The first-order valence-corrected chi connectivity index (χ1v) is 13.4. The summed E-state index contributed by atoms with van der Waals surface area (Å²) in [7, 11) is 0. The number of carbonyl (C=O) groups is 6. The van der Waals surface area contributed by atoms with Crippen molar-refractivity contribution < 1.29 is 57.2 Å². The maximum absolute atomic E-state index is 14.3. The van der Waals surface area contributed by atoms with Gasteiger partial charge in [0.15, 0.2) is 12.2 Å². The van der Waals surface area contributed by atoms with Crippen molar-refractivity contribution in [3.8, 4) is 0 Å². The molecular weight excluding hydrogens is 564 g/mol. The van der Waals surface area contributed by atoms with E-state index in [-0.39, 0.29) is 28.7 Å². The second-order valence-electron chi connectivity index (χ2n) is 10.9. The van der Waals surface area contributed by atoms with Gasteiger partial charge in [0.25, 0.3) is 0 Å². The first kappa shape index (κ1) is 31.2. The van der Waals surface area contributed by atoms with Crippen molar-refractivity contribution >= 4 is 35.4 Å². The van der Waals surface area contributed by atoms with Crippen LogP contribution in [-0.4, -0.2) is 58.9 Å². The fourth-order valence-corrected chi connectivity index (χ4v) is 5.69. The molecule has 0 fully saturated rings. The highest BCUT2D eigenvalue weighted by Crippen LogP contribution is 2.47. The van der Waals surface area contributed by atoms with Crippen LogP contribution in [0.1, 0.15) is 61.8 Å². The molecule has 0 bridgehead atoms. The number of carbonyl (C=O) groups excluding carboxylic acids is 6. The number of fused-ring (bicyclic) bond motifs is 2. The zero-order chi connectivity index (χ0) is 32.0. The second kappa shape index (κ2) is 11.2. The summed E-state index contributed by atoms with van der Waals surface area (Å²) in [6.07, 6.45) is 2.67. The number of allylic oxidation sites excluding steroid dienone is 4. The van der Waals surface area contributed by atoms with Crippen molar-refractivity contribution in [2.75, 3.05) is 0 Å². The summed E-state index contributed by atoms with van der Waals surface area (Å²) in [5.74, 6) is -3.72. The molecule has 0 N–H and O–H groups in total. The topological polar surface area (TPSA) is 158 Å². The van der Waals surface area contributed by atoms with Gasteiger partial charge in [-0.05, 0) is 51.0 Å². The zero-order valence-corrected chi connectivity index (χ0v) is 25.1. The van der Waals surface area contributed by atoms with Gasteiger partial charge in [0.2, 0.25) is 22.8 Å². The van der Waals surface area contributed by atoms with E-state index in [1.807, 2.05) is 0 Å². The Morgan fingerprint density at radius 3 is 1.33 bits per heavy atom. The van der Waals surface area contributed by atoms with Gasteiger partial charge in [0.1, 0.15) is 11.5 Å². The monoisotopic (exact) mass is 596 g/mol. The van der Waals surface area contributed by atoms with Crippen molar-refractivity contribution in [1.82, 2.24) is 0 Å². The Morgan fingerprint density at radius 2 is 1.02 bits per heavy atom. The predicted molar refractivity (Wildman–Crippen MR) is 146 cm³/mol. The Labute approximate surface area is 247 Å². The highest BCUT2D eigenvalue weighted by atomic mass is 16.6. The van der Waals surface area contributed by atoms with Gasteiger partial charge >= 0.3 is 23.9 Å². The van der Waals surface area contributed by atoms with Crippen LogP contribution in [0.3, 0.4) is 0 Å². The van der Waals surface area contributed by atoms with E-state index >= 15 is 0 Å². The first-order valence-electron chi connectivity index (χ1n) is 13.4. The molecule has 0 aromatic heterocycles. The van der Waals surface area contributed by atoms with Gasteiger partial charge in [-0.3, -0.25) is 28.8 Å². The van der Waals surface area contributed by atoms with Crippen molar-refractivity contribution in [3.05, 3.63) is 69.6 Å². The lowest BCUT2D eigenvalue weighted by Gasteiger charge is -2.43. The third-order valence-electron chi connectivity index (χ3n) is 7.36. The van der Waals surface area contributed by atoms with Crippen molar-refractivity contribution in [2.24, 2.45) is 0 Å². The highest BCUT2D eigenvalue weighted by Gasteiger charge is 2.58. The number of hydrogen-bond acceptors (Lipinski definition) is 12. The summed E-state index contributed by atoms with van der Waals surface area (Å²) in [6, 6.07) is 0. The summed E-state index contributed by atoms with van der Waals surface area (Å²) in [6.45, 7) is 10.4. The Morgan fingerprint density at radius 1 is 0.674 bits per heavy atom. The third-order valence-corrected chi connectivity index (χ3v) is 7.36. The van der Waals surface area contributed by atoms with E-state index in [0.717, 1.165) is 27.7 Å². The van der Waals surface area contributed by atoms with Crippen LogP contribution in [0.15, 0.2) is 69.6 Å². The molecule has 2 aliphatic heterocycles. The van der Waals surface area contributed by atoms with Gasteiger partial charge in [-0.2, -0.15) is 0 Å². The van der Waals surface area contributed by atoms with Gasteiger partial charge in [-0.25, -0.2) is 0 Å². The molecule has 0 aromatic rings. The summed E-state index contributed by atoms with van der Waals surface area (Å²) in [4.78, 5) is 77.3. The van der Waals surface area contributed by atoms with Gasteiger partial charge < -0.3 is 28.4 Å². The number of Topliss-reactive ketones (excluding diaryl/α,β-unsaturated/α-hetero) is 2. The Kier molecular flexibility index (Phi) is 8.10. The van der Waals surface area contributed by atoms with Crippen LogP contribution in [-0.2, 0) is 57.2 Å². The molecule has 4 unspecified atom stereocenters. The van der Waals surface area contributed by atoms with Crippen LogP contribution in [0.4, 0.5) is 0 Å². The molecule has 12 nitrogen and oxygen atoms in total. The lowest BCUT2D eigenvalue weighted by Crippen LogP contribution is -2.58. The van der Waals surface area contributed by atoms with Crippen LogP contribution in [0.5, 0.6) is 0 Å². The van der Waals surface area contributed by atoms with Gasteiger partial charge in [-0.15, -0.1) is 0 Å². The lowest BCUT2D eigenvalue weighted by molar-refractivity contribution is -0.181. The predicted octanol–water partition coefficient (Wildman–Crippen LogP) is 3.28. The minimum absolute atomic E-state index is 0.0462. The number of hydrogen-bond donors (Lipinski definition) is 0. The summed E-state index contributed by atoms with van der Waals surface area (Å²) in [5, 5.41) is 0. The van der Waals surface area contributed by atoms with Crippen molar-refractivity contribution in [2.45, 2.75) is 85.2 Å². The molecular formula is C31H32O12. The molecule has 43 heavy (non-hydrogen) atoms. The molecule has 0 aromatic carbocycles. The molecule has 0 saturated carbocycles. The minimum atomic E-state index is -2.02. The molecule has 0 spiro atoms. The normalized spacial score (nSPS) is 28.1. The van der Waals surface area contributed by atoms with E-state index < -0.39 is 58.9 Å². The van der Waals surface area contributed by atoms with E-state index in [0.29, 0.717) is 22.7 Å². The average molecular weight is 597 g/mol. The van der Waals surface area contributed by atoms with Crippen LogP contribution < -0.4 is 0 Å². The molecule has 4 atom stereocenters. The fraction of sp³-hybridized carbons (Fsp3) is 0.419. The molecule has 12 heteroatoms. The Bertz CT molecular complexity index is 1430. The fourth-order valence-electron chi connectivity index (χ4n) is 5.69. The quantitative estimate of drug-likeness (QED) is 0.326. The molecule has 4 aliphatic rings. The smallest absolute Gasteiger partial charge is 0.303 e. The number of esters is 4. The van der Waals surface area contributed by atoms with E-state index in [1.54, 1.807) is 26.0 Å². The third kappa shape index (κ3) is 5.56. The van der Waals surface area contributed by atoms with Crippen molar-refractivity contribution in [1.29, 1.82) is 0 Å². The molecule has 2 aliphatic carbocycles. The molecule has 2 heterocycles. The average Bonchev–Trinajstić information content (AvgIpc) is 2.88. The SMILES string of the molecule is CC(=O)OC1C2=COC(C)=CC2=C(CC2=C3C=C(C)OC=C3C(OC(C)=O)C(C)(OC(C)=O)C2=O)C(=O)C1(C)OC(C)=O. The lowest BCUT2D eigenvalue weighted by atomic mass is 9.69. The van der Waals surface area contributed by atoms with Crippen LogP contribution in [0.25, 0.3) is 0 Å². The maximum atomic E-state index is 14.3. The standard InChI is InChI=1S/C31H32O12/c1-14-9-20-22(26(36)30(7,42-18(5)34)28(40-16(3)32)24(20)12-38-14)11-23-21-10-15(2)39-13-25(21)29(41-17(4)33)31(8,27(23)37)43-19(6)35/h9-10,12-13,28-29H,11H2,1-8H3. The van der Waals surface area contributed by atoms with E-state index in [9.17, 15) is 28.8 Å². The molecule has 0 amide bonds. The molecule has 0 radical (unpaired) electrons. The number of rotatable bonds is 6. The Balaban J connectivity index is 1.99. The molecule has 0 saturated heterocycles. The van der Waals surface area contributed by atoms with E-state index in [4.69, 9.17) is 28.4 Å². The van der Waals surface area contributed by atoms with E-state index in [1.165, 1.54) is 26.4 Å². The van der Waals surface area contributed by atoms with Gasteiger partial charge in [0, 0.05) is 56.4 Å². The highest BCUT2D eigenvalue weighted by molar-refractivity contribution is 6.12. The second-order valence-corrected chi connectivity index (χ2v) is 10.9. The summed E-state index contributed by atoms with van der Waals surface area (Å²) < 4.78 is 33.2. The minimum Gasteiger partial charge on any atom is -0.469 e. The first-order chi connectivity index (χ1) is 20.0. The molecule has 4 rings (SSSR count). The number of ketones is 2. The maximum Gasteiger partial charge on any atom is 0.303 e. The molecule has 228 valence electrons. The van der Waals surface area contributed by atoms with Crippen molar-refractivity contribution in [3.63, 3.8) is 0 Å².